The van der Waals surface area contributed by atoms with Crippen LogP contribution in [0.1, 0.15) is 19.8 Å². The molecule has 4 heteroatoms. The molecule has 1 saturated carbocycles. The molecular weight excluding hydrogens is 178 g/mol. The Morgan fingerprint density at radius 2 is 2.50 bits per heavy atom. The summed E-state index contributed by atoms with van der Waals surface area (Å²) in [4.78, 5) is 4.28. The van der Waals surface area contributed by atoms with Crippen LogP contribution in [0.4, 0.5) is 5.95 Å². The van der Waals surface area contributed by atoms with Gasteiger partial charge in [0.2, 0.25) is 5.95 Å². The first-order valence-electron chi connectivity index (χ1n) is 5.10. The summed E-state index contributed by atoms with van der Waals surface area (Å²) in [6.45, 7) is 2.91. The van der Waals surface area contributed by atoms with Gasteiger partial charge in [0.25, 0.3) is 0 Å². The van der Waals surface area contributed by atoms with Crippen LogP contribution in [-0.2, 0) is 11.3 Å². The molecule has 1 atom stereocenters. The van der Waals surface area contributed by atoms with Gasteiger partial charge in [0.05, 0.1) is 12.6 Å². The number of imidazole rings is 1. The van der Waals surface area contributed by atoms with Gasteiger partial charge in [-0.3, -0.25) is 0 Å². The average molecular weight is 195 g/mol. The number of rotatable bonds is 5. The number of nitrogens with zero attached hydrogens (tertiary/aromatic N) is 2. The molecule has 1 aliphatic rings. The van der Waals surface area contributed by atoms with Crippen LogP contribution in [0.15, 0.2) is 12.4 Å². The Balaban J connectivity index is 1.97. The van der Waals surface area contributed by atoms with Crippen LogP contribution in [0.25, 0.3) is 0 Å². The van der Waals surface area contributed by atoms with E-state index in [4.69, 9.17) is 4.74 Å². The van der Waals surface area contributed by atoms with Gasteiger partial charge in [-0.1, -0.05) is 0 Å². The maximum absolute atomic E-state index is 5.22. The van der Waals surface area contributed by atoms with E-state index in [9.17, 15) is 0 Å². The molecule has 0 bridgehead atoms. The molecule has 1 aliphatic carbocycles. The molecule has 1 fully saturated rings. The molecule has 0 saturated heterocycles. The largest absolute Gasteiger partial charge is 0.380 e. The molecule has 0 radical (unpaired) electrons. The van der Waals surface area contributed by atoms with E-state index in [0.29, 0.717) is 6.04 Å². The summed E-state index contributed by atoms with van der Waals surface area (Å²) in [6, 6.07) is 0.647. The minimum absolute atomic E-state index is 0.226. The first-order chi connectivity index (χ1) is 6.79. The summed E-state index contributed by atoms with van der Waals surface area (Å²) in [5.41, 5.74) is 0. The fourth-order valence-electron chi connectivity index (χ4n) is 1.36. The average Bonchev–Trinajstić information content (AvgIpc) is 2.89. The maximum atomic E-state index is 5.22. The second kappa shape index (κ2) is 4.00. The SMILES string of the molecule is COC(C)Cn1ccnc1NC1CC1. The molecule has 14 heavy (non-hydrogen) atoms. The zero-order valence-electron chi connectivity index (χ0n) is 8.73. The number of aromatic nitrogens is 2. The Labute approximate surface area is 84.3 Å². The van der Waals surface area contributed by atoms with E-state index in [1.165, 1.54) is 12.8 Å². The third-order valence-electron chi connectivity index (χ3n) is 2.48. The lowest BCUT2D eigenvalue weighted by molar-refractivity contribution is 0.104. The highest BCUT2D eigenvalue weighted by Gasteiger charge is 2.22. The van der Waals surface area contributed by atoms with Crippen molar-refractivity contribution in [1.82, 2.24) is 9.55 Å². The molecule has 1 heterocycles. The Hall–Kier alpha value is -1.03. The number of hydrogen-bond acceptors (Lipinski definition) is 3. The summed E-state index contributed by atoms with van der Waals surface area (Å²) in [6.07, 6.45) is 6.58. The fraction of sp³-hybridized carbons (Fsp3) is 0.700. The van der Waals surface area contributed by atoms with Crippen molar-refractivity contribution >= 4 is 5.95 Å². The Bertz CT molecular complexity index is 293. The minimum Gasteiger partial charge on any atom is -0.380 e. The molecule has 1 N–H and O–H groups in total. The van der Waals surface area contributed by atoms with Gasteiger partial charge < -0.3 is 14.6 Å². The third-order valence-corrected chi connectivity index (χ3v) is 2.48. The molecule has 0 aliphatic heterocycles. The summed E-state index contributed by atoms with van der Waals surface area (Å²) < 4.78 is 7.33. The van der Waals surface area contributed by atoms with Crippen LogP contribution < -0.4 is 5.32 Å². The second-order valence-corrected chi connectivity index (χ2v) is 3.87. The van der Waals surface area contributed by atoms with Crippen LogP contribution >= 0.6 is 0 Å². The van der Waals surface area contributed by atoms with Crippen molar-refractivity contribution in [2.24, 2.45) is 0 Å². The zero-order chi connectivity index (χ0) is 9.97. The van der Waals surface area contributed by atoms with Gasteiger partial charge in [0.1, 0.15) is 0 Å². The van der Waals surface area contributed by atoms with E-state index in [-0.39, 0.29) is 6.10 Å². The smallest absolute Gasteiger partial charge is 0.203 e. The Morgan fingerprint density at radius 1 is 1.71 bits per heavy atom. The Kier molecular flexibility index (Phi) is 2.72. The summed E-state index contributed by atoms with van der Waals surface area (Å²) in [5, 5.41) is 3.39. The number of anilines is 1. The van der Waals surface area contributed by atoms with Gasteiger partial charge in [-0.15, -0.1) is 0 Å². The quantitative estimate of drug-likeness (QED) is 0.773. The summed E-state index contributed by atoms with van der Waals surface area (Å²) in [7, 11) is 1.73. The normalized spacial score (nSPS) is 18.1. The lowest BCUT2D eigenvalue weighted by Gasteiger charge is -2.13. The highest BCUT2D eigenvalue weighted by Crippen LogP contribution is 2.23. The molecule has 1 aromatic heterocycles. The van der Waals surface area contributed by atoms with Gasteiger partial charge in [0, 0.05) is 25.5 Å². The standard InChI is InChI=1S/C10H17N3O/c1-8(14-2)7-13-6-5-11-10(13)12-9-3-4-9/h5-6,8-9H,3-4,7H2,1-2H3,(H,11,12). The van der Waals surface area contributed by atoms with Crippen LogP contribution in [0.2, 0.25) is 0 Å². The monoisotopic (exact) mass is 195 g/mol. The van der Waals surface area contributed by atoms with Crippen molar-refractivity contribution in [2.75, 3.05) is 12.4 Å². The predicted molar refractivity (Wildman–Crippen MR) is 55.3 cm³/mol. The molecule has 0 amide bonds. The van der Waals surface area contributed by atoms with Crippen LogP contribution in [-0.4, -0.2) is 28.8 Å². The van der Waals surface area contributed by atoms with E-state index in [1.807, 2.05) is 12.4 Å². The van der Waals surface area contributed by atoms with Crippen molar-refractivity contribution in [3.05, 3.63) is 12.4 Å². The Morgan fingerprint density at radius 3 is 3.14 bits per heavy atom. The molecular formula is C10H17N3O. The van der Waals surface area contributed by atoms with E-state index in [0.717, 1.165) is 12.5 Å². The second-order valence-electron chi connectivity index (χ2n) is 3.87. The highest BCUT2D eigenvalue weighted by atomic mass is 16.5. The first-order valence-corrected chi connectivity index (χ1v) is 5.10. The number of ether oxygens (including phenoxy) is 1. The topological polar surface area (TPSA) is 39.1 Å². The number of hydrogen-bond donors (Lipinski definition) is 1. The van der Waals surface area contributed by atoms with E-state index < -0.39 is 0 Å². The fourth-order valence-corrected chi connectivity index (χ4v) is 1.36. The lowest BCUT2D eigenvalue weighted by Crippen LogP contribution is -2.17. The summed E-state index contributed by atoms with van der Waals surface area (Å²) in [5.74, 6) is 0.969. The van der Waals surface area contributed by atoms with E-state index >= 15 is 0 Å². The molecule has 2 rings (SSSR count). The zero-order valence-corrected chi connectivity index (χ0v) is 8.73. The minimum atomic E-state index is 0.226. The van der Waals surface area contributed by atoms with Gasteiger partial charge in [-0.05, 0) is 19.8 Å². The van der Waals surface area contributed by atoms with Crippen molar-refractivity contribution < 1.29 is 4.74 Å². The highest BCUT2D eigenvalue weighted by molar-refractivity contribution is 5.29. The molecule has 1 aromatic rings. The first kappa shape index (κ1) is 9.52. The molecule has 0 spiro atoms. The lowest BCUT2D eigenvalue weighted by atomic mass is 10.4. The van der Waals surface area contributed by atoms with E-state index in [1.54, 1.807) is 7.11 Å². The van der Waals surface area contributed by atoms with Crippen LogP contribution in [0.3, 0.4) is 0 Å². The van der Waals surface area contributed by atoms with E-state index in [2.05, 4.69) is 21.8 Å². The van der Waals surface area contributed by atoms with Gasteiger partial charge in [-0.2, -0.15) is 0 Å². The van der Waals surface area contributed by atoms with Crippen molar-refractivity contribution in [2.45, 2.75) is 38.5 Å². The maximum Gasteiger partial charge on any atom is 0.203 e. The number of methoxy groups -OCH3 is 1. The number of nitrogens with one attached hydrogen (secondary N) is 1. The van der Waals surface area contributed by atoms with Gasteiger partial charge in [0.15, 0.2) is 0 Å². The molecule has 4 nitrogen and oxygen atoms in total. The van der Waals surface area contributed by atoms with Crippen LogP contribution in [0.5, 0.6) is 0 Å². The van der Waals surface area contributed by atoms with Crippen molar-refractivity contribution in [3.8, 4) is 0 Å². The van der Waals surface area contributed by atoms with Crippen molar-refractivity contribution in [3.63, 3.8) is 0 Å². The molecule has 1 unspecified atom stereocenters. The van der Waals surface area contributed by atoms with Crippen molar-refractivity contribution in [1.29, 1.82) is 0 Å². The van der Waals surface area contributed by atoms with Crippen LogP contribution in [0, 0.1) is 0 Å². The molecule has 0 aromatic carbocycles. The van der Waals surface area contributed by atoms with Gasteiger partial charge >= 0.3 is 0 Å². The predicted octanol–water partition coefficient (Wildman–Crippen LogP) is 1.49. The van der Waals surface area contributed by atoms with Gasteiger partial charge in [-0.25, -0.2) is 4.98 Å². The third kappa shape index (κ3) is 2.26. The molecule has 78 valence electrons. The summed E-state index contributed by atoms with van der Waals surface area (Å²) >= 11 is 0.